The molecule has 2 rings (SSSR count). The molecule has 2 aromatic rings. The third kappa shape index (κ3) is 5.89. The van der Waals surface area contributed by atoms with Gasteiger partial charge in [-0.1, -0.05) is 49.9 Å². The van der Waals surface area contributed by atoms with Crippen molar-refractivity contribution in [1.82, 2.24) is 4.98 Å². The van der Waals surface area contributed by atoms with Crippen molar-refractivity contribution in [3.05, 3.63) is 42.2 Å². The number of rotatable bonds is 12. The first-order valence-corrected chi connectivity index (χ1v) is 11.1. The van der Waals surface area contributed by atoms with Gasteiger partial charge in [0.2, 0.25) is 0 Å². The third-order valence-electron chi connectivity index (χ3n) is 4.86. The fraction of sp³-hybridized carbons (Fsp3) is 0.550. The van der Waals surface area contributed by atoms with Gasteiger partial charge in [-0.05, 0) is 30.2 Å². The molecule has 0 radical (unpaired) electrons. The summed E-state index contributed by atoms with van der Waals surface area (Å²) >= 11 is 0. The minimum Gasteiger partial charge on any atom is -0.377 e. The first-order valence-electron chi connectivity index (χ1n) is 9.22. The smallest absolute Gasteiger partial charge is 0.377 e. The summed E-state index contributed by atoms with van der Waals surface area (Å²) in [5.41, 5.74) is 1.37. The van der Waals surface area contributed by atoms with E-state index in [-0.39, 0.29) is 0 Å². The van der Waals surface area contributed by atoms with E-state index in [0.29, 0.717) is 0 Å². The summed E-state index contributed by atoms with van der Waals surface area (Å²) in [6.07, 6.45) is 12.4. The fourth-order valence-electron chi connectivity index (χ4n) is 3.30. The minimum absolute atomic E-state index is 0.901. The van der Waals surface area contributed by atoms with Gasteiger partial charge in [-0.15, -0.1) is 0 Å². The van der Waals surface area contributed by atoms with Crippen LogP contribution in [0, 0.1) is 0 Å². The zero-order chi connectivity index (χ0) is 18.0. The number of aromatic nitrogens is 1. The Labute approximate surface area is 152 Å². The number of aryl methyl sites for hydroxylation is 1. The molecule has 1 aromatic heterocycles. The Morgan fingerprint density at radius 2 is 1.44 bits per heavy atom. The lowest BCUT2D eigenvalue weighted by Crippen LogP contribution is -2.42. The van der Waals surface area contributed by atoms with Crippen LogP contribution in [0.25, 0.3) is 10.8 Å². The second-order valence-electron chi connectivity index (χ2n) is 6.44. The van der Waals surface area contributed by atoms with Crippen LogP contribution in [-0.4, -0.2) is 35.1 Å². The van der Waals surface area contributed by atoms with Gasteiger partial charge in [0.05, 0.1) is 0 Å². The Balaban J connectivity index is 1.62. The molecule has 0 amide bonds. The molecule has 138 valence electrons. The van der Waals surface area contributed by atoms with E-state index in [0.717, 1.165) is 18.9 Å². The van der Waals surface area contributed by atoms with E-state index >= 15 is 0 Å². The number of hydrogen-bond donors (Lipinski definition) is 0. The monoisotopic (exact) mass is 361 g/mol. The normalized spacial score (nSPS) is 12.0. The van der Waals surface area contributed by atoms with E-state index < -0.39 is 8.80 Å². The molecule has 0 aliphatic rings. The summed E-state index contributed by atoms with van der Waals surface area (Å²) in [5.74, 6) is 0. The number of hydrogen-bond acceptors (Lipinski definition) is 4. The molecule has 0 aliphatic heterocycles. The van der Waals surface area contributed by atoms with E-state index in [1.807, 2.05) is 12.4 Å². The van der Waals surface area contributed by atoms with Crippen LogP contribution in [0.3, 0.4) is 0 Å². The van der Waals surface area contributed by atoms with Crippen LogP contribution in [0.1, 0.15) is 44.1 Å². The topological polar surface area (TPSA) is 40.6 Å². The molecule has 0 aliphatic carbocycles. The van der Waals surface area contributed by atoms with Gasteiger partial charge in [-0.25, -0.2) is 0 Å². The van der Waals surface area contributed by atoms with Crippen LogP contribution in [0.5, 0.6) is 0 Å². The standard InChI is InChI=1S/C20H31NO3Si/c1-22-25(23-2,24-3)15-11-7-5-4-6-8-12-18-16-21-17-19-13-9-10-14-20(18)19/h9-10,13-14,16-17H,4-8,11-12,15H2,1-3H3. The summed E-state index contributed by atoms with van der Waals surface area (Å²) in [4.78, 5) is 4.37. The molecule has 0 bridgehead atoms. The van der Waals surface area contributed by atoms with Gasteiger partial charge < -0.3 is 13.3 Å². The van der Waals surface area contributed by atoms with Crippen molar-refractivity contribution in [2.24, 2.45) is 0 Å². The van der Waals surface area contributed by atoms with E-state index in [9.17, 15) is 0 Å². The van der Waals surface area contributed by atoms with Gasteiger partial charge in [0, 0.05) is 45.2 Å². The molecule has 1 heterocycles. The summed E-state index contributed by atoms with van der Waals surface area (Å²) in [6.45, 7) is 0. The van der Waals surface area contributed by atoms with Gasteiger partial charge in [0.25, 0.3) is 0 Å². The van der Waals surface area contributed by atoms with Gasteiger partial charge in [0.15, 0.2) is 0 Å². The van der Waals surface area contributed by atoms with Gasteiger partial charge >= 0.3 is 8.80 Å². The van der Waals surface area contributed by atoms with Crippen molar-refractivity contribution < 1.29 is 13.3 Å². The molecule has 0 atom stereocenters. The first kappa shape index (κ1) is 20.0. The Morgan fingerprint density at radius 1 is 0.800 bits per heavy atom. The number of nitrogens with zero attached hydrogens (tertiary/aromatic N) is 1. The molecule has 25 heavy (non-hydrogen) atoms. The van der Waals surface area contributed by atoms with E-state index in [4.69, 9.17) is 13.3 Å². The highest BCUT2D eigenvalue weighted by Crippen LogP contribution is 2.20. The molecule has 0 saturated heterocycles. The average molecular weight is 362 g/mol. The average Bonchev–Trinajstić information content (AvgIpc) is 2.67. The van der Waals surface area contributed by atoms with E-state index in [1.54, 1.807) is 21.3 Å². The van der Waals surface area contributed by atoms with Gasteiger partial charge in [-0.2, -0.15) is 0 Å². The zero-order valence-corrected chi connectivity index (χ0v) is 16.8. The number of benzene rings is 1. The Hall–Kier alpha value is -1.27. The third-order valence-corrected chi connectivity index (χ3v) is 7.69. The molecular formula is C20H31NO3Si. The van der Waals surface area contributed by atoms with Crippen molar-refractivity contribution in [3.8, 4) is 0 Å². The predicted molar refractivity (Wildman–Crippen MR) is 105 cm³/mol. The van der Waals surface area contributed by atoms with Crippen molar-refractivity contribution in [3.63, 3.8) is 0 Å². The predicted octanol–water partition coefficient (Wildman–Crippen LogP) is 5.00. The van der Waals surface area contributed by atoms with Crippen molar-refractivity contribution in [2.75, 3.05) is 21.3 Å². The van der Waals surface area contributed by atoms with Crippen molar-refractivity contribution in [1.29, 1.82) is 0 Å². The lowest BCUT2D eigenvalue weighted by molar-refractivity contribution is 0.122. The molecule has 4 nitrogen and oxygen atoms in total. The second-order valence-corrected chi connectivity index (χ2v) is 9.53. The van der Waals surface area contributed by atoms with E-state index in [1.165, 1.54) is 48.4 Å². The quantitative estimate of drug-likeness (QED) is 0.394. The Kier molecular flexibility index (Phi) is 8.55. The van der Waals surface area contributed by atoms with Gasteiger partial charge in [0.1, 0.15) is 0 Å². The van der Waals surface area contributed by atoms with Crippen LogP contribution in [-0.2, 0) is 19.7 Å². The van der Waals surface area contributed by atoms with Gasteiger partial charge in [-0.3, -0.25) is 4.98 Å². The maximum absolute atomic E-state index is 5.45. The fourth-order valence-corrected chi connectivity index (χ4v) is 5.09. The van der Waals surface area contributed by atoms with E-state index in [2.05, 4.69) is 29.2 Å². The van der Waals surface area contributed by atoms with Crippen LogP contribution in [0.15, 0.2) is 36.7 Å². The minimum atomic E-state index is -2.37. The van der Waals surface area contributed by atoms with Crippen LogP contribution >= 0.6 is 0 Å². The van der Waals surface area contributed by atoms with Crippen LogP contribution < -0.4 is 0 Å². The maximum atomic E-state index is 5.45. The molecule has 0 N–H and O–H groups in total. The Morgan fingerprint density at radius 3 is 2.16 bits per heavy atom. The highest BCUT2D eigenvalue weighted by molar-refractivity contribution is 6.60. The highest BCUT2D eigenvalue weighted by atomic mass is 28.4. The molecule has 1 aromatic carbocycles. The lowest BCUT2D eigenvalue weighted by atomic mass is 10.0. The van der Waals surface area contributed by atoms with Crippen LogP contribution in [0.4, 0.5) is 0 Å². The maximum Gasteiger partial charge on any atom is 0.500 e. The summed E-state index contributed by atoms with van der Waals surface area (Å²) in [7, 11) is 2.68. The second kappa shape index (κ2) is 10.7. The lowest BCUT2D eigenvalue weighted by Gasteiger charge is -2.24. The Bertz CT molecular complexity index is 618. The molecule has 0 unspecified atom stereocenters. The van der Waals surface area contributed by atoms with Crippen molar-refractivity contribution >= 4 is 19.6 Å². The number of unbranched alkanes of at least 4 members (excludes halogenated alkanes) is 5. The first-order chi connectivity index (χ1) is 12.2. The SMILES string of the molecule is CO[Si](CCCCCCCCc1cncc2ccccc12)(OC)OC. The molecular weight excluding hydrogens is 330 g/mol. The molecule has 0 spiro atoms. The molecule has 0 fully saturated rings. The highest BCUT2D eigenvalue weighted by Gasteiger charge is 2.36. The summed E-state index contributed by atoms with van der Waals surface area (Å²) < 4.78 is 16.4. The number of fused-ring (bicyclic) bond motifs is 1. The summed E-state index contributed by atoms with van der Waals surface area (Å²) in [5, 5.41) is 2.58. The summed E-state index contributed by atoms with van der Waals surface area (Å²) in [6, 6.07) is 9.41. The zero-order valence-electron chi connectivity index (χ0n) is 15.8. The molecule has 0 saturated carbocycles. The molecule has 5 heteroatoms. The van der Waals surface area contributed by atoms with Crippen LogP contribution in [0.2, 0.25) is 6.04 Å². The number of pyridine rings is 1. The van der Waals surface area contributed by atoms with Crippen molar-refractivity contribution in [2.45, 2.75) is 51.0 Å². The largest absolute Gasteiger partial charge is 0.500 e.